The summed E-state index contributed by atoms with van der Waals surface area (Å²) in [6.45, 7) is 0.517. The van der Waals surface area contributed by atoms with E-state index in [2.05, 4.69) is 20.3 Å². The summed E-state index contributed by atoms with van der Waals surface area (Å²) in [5, 5.41) is 11.2. The number of H-pyrrole nitrogens is 1. The molecular weight excluding hydrogens is 445 g/mol. The van der Waals surface area contributed by atoms with Crippen molar-refractivity contribution in [2.45, 2.75) is 25.1 Å². The molecule has 7 nitrogen and oxygen atoms in total. The molecule has 4 aromatic rings. The maximum atomic E-state index is 13.4. The van der Waals surface area contributed by atoms with Crippen LogP contribution in [0.3, 0.4) is 0 Å². The molecule has 1 saturated heterocycles. The minimum Gasteiger partial charge on any atom is -0.329 e. The van der Waals surface area contributed by atoms with Crippen molar-refractivity contribution in [2.24, 2.45) is 7.05 Å². The van der Waals surface area contributed by atoms with Crippen molar-refractivity contribution >= 4 is 5.91 Å². The average Bonchev–Trinajstić information content (AvgIpc) is 3.58. The molecule has 174 valence electrons. The Kier molecular flexibility index (Phi) is 5.43. The first kappa shape index (κ1) is 21.9. The van der Waals surface area contributed by atoms with Crippen molar-refractivity contribution in [3.63, 3.8) is 0 Å². The van der Waals surface area contributed by atoms with Gasteiger partial charge in [-0.15, -0.1) is 0 Å². The lowest BCUT2D eigenvalue weighted by atomic mass is 9.99. The molecule has 1 aliphatic rings. The highest BCUT2D eigenvalue weighted by molar-refractivity contribution is 5.93. The number of rotatable bonds is 4. The van der Waals surface area contributed by atoms with Crippen LogP contribution in [0.4, 0.5) is 13.2 Å². The fraction of sp³-hybridized carbons (Fsp3) is 0.250. The van der Waals surface area contributed by atoms with Crippen LogP contribution in [0.25, 0.3) is 22.4 Å². The number of pyridine rings is 1. The number of halogens is 3. The van der Waals surface area contributed by atoms with E-state index in [0.29, 0.717) is 41.2 Å². The molecule has 1 aliphatic heterocycles. The SMILES string of the molecule is Cn1cc(-c2cccc(C(=O)N3CCC[C@@H]3c3[nH]ncc3-c3cccc(C(F)(F)F)c3)n2)cn1. The molecule has 0 saturated carbocycles. The molecule has 0 aliphatic carbocycles. The minimum absolute atomic E-state index is 0.238. The molecule has 10 heteroatoms. The van der Waals surface area contributed by atoms with Gasteiger partial charge >= 0.3 is 6.18 Å². The third-order valence-electron chi connectivity index (χ3n) is 5.99. The van der Waals surface area contributed by atoms with E-state index in [1.165, 1.54) is 12.3 Å². The second-order valence-electron chi connectivity index (χ2n) is 8.24. The van der Waals surface area contributed by atoms with Crippen LogP contribution in [0.1, 0.15) is 40.6 Å². The molecular formula is C24H21F3N6O. The van der Waals surface area contributed by atoms with Crippen molar-refractivity contribution < 1.29 is 18.0 Å². The monoisotopic (exact) mass is 466 g/mol. The quantitative estimate of drug-likeness (QED) is 0.466. The number of aromatic nitrogens is 5. The summed E-state index contributed by atoms with van der Waals surface area (Å²) >= 11 is 0. The van der Waals surface area contributed by atoms with Gasteiger partial charge in [-0.2, -0.15) is 23.4 Å². The van der Waals surface area contributed by atoms with Gasteiger partial charge < -0.3 is 4.90 Å². The van der Waals surface area contributed by atoms with E-state index in [4.69, 9.17) is 0 Å². The lowest BCUT2D eigenvalue weighted by molar-refractivity contribution is -0.137. The first-order valence-corrected chi connectivity index (χ1v) is 10.8. The Bertz CT molecular complexity index is 1340. The molecule has 1 amide bonds. The van der Waals surface area contributed by atoms with Gasteiger partial charge in [-0.3, -0.25) is 14.6 Å². The molecule has 0 unspecified atom stereocenters. The summed E-state index contributed by atoms with van der Waals surface area (Å²) in [4.78, 5) is 19.7. The van der Waals surface area contributed by atoms with Crippen LogP contribution in [-0.2, 0) is 13.2 Å². The molecule has 34 heavy (non-hydrogen) atoms. The van der Waals surface area contributed by atoms with Crippen molar-refractivity contribution in [1.82, 2.24) is 29.9 Å². The number of likely N-dealkylation sites (tertiary alicyclic amines) is 1. The Morgan fingerprint density at radius 3 is 2.71 bits per heavy atom. The molecule has 3 aromatic heterocycles. The number of carbonyl (C=O) groups is 1. The molecule has 1 fully saturated rings. The predicted octanol–water partition coefficient (Wildman–Crippen LogP) is 4.87. The topological polar surface area (TPSA) is 79.7 Å². The largest absolute Gasteiger partial charge is 0.416 e. The zero-order chi connectivity index (χ0) is 23.9. The summed E-state index contributed by atoms with van der Waals surface area (Å²) in [6, 6.07) is 10.0. The van der Waals surface area contributed by atoms with Gasteiger partial charge in [0, 0.05) is 30.9 Å². The van der Waals surface area contributed by atoms with Crippen molar-refractivity contribution in [3.8, 4) is 22.4 Å². The summed E-state index contributed by atoms with van der Waals surface area (Å²) in [5.41, 5.74) is 2.58. The molecule has 1 N–H and O–H groups in total. The zero-order valence-electron chi connectivity index (χ0n) is 18.3. The lowest BCUT2D eigenvalue weighted by Crippen LogP contribution is -2.31. The van der Waals surface area contributed by atoms with Gasteiger partial charge in [0.05, 0.1) is 35.4 Å². The number of alkyl halides is 3. The Morgan fingerprint density at radius 1 is 1.12 bits per heavy atom. The number of aromatic amines is 1. The zero-order valence-corrected chi connectivity index (χ0v) is 18.3. The summed E-state index contributed by atoms with van der Waals surface area (Å²) < 4.78 is 41.4. The van der Waals surface area contributed by atoms with Crippen LogP contribution in [0, 0.1) is 0 Å². The number of hydrogen-bond acceptors (Lipinski definition) is 4. The Labute approximate surface area is 193 Å². The Balaban J connectivity index is 1.45. The van der Waals surface area contributed by atoms with Crippen LogP contribution < -0.4 is 0 Å². The number of benzene rings is 1. The number of nitrogens with zero attached hydrogens (tertiary/aromatic N) is 5. The fourth-order valence-electron chi connectivity index (χ4n) is 4.37. The smallest absolute Gasteiger partial charge is 0.329 e. The first-order chi connectivity index (χ1) is 16.3. The molecule has 1 aromatic carbocycles. The molecule has 0 spiro atoms. The molecule has 0 bridgehead atoms. The standard InChI is InChI=1S/C24H21F3N6O/c1-32-14-16(12-29-32)19-7-3-8-20(30-19)23(34)33-10-4-9-21(33)22-18(13-28-31-22)15-5-2-6-17(11-15)24(25,26)27/h2-3,5-8,11-14,21H,4,9-10H2,1H3,(H,28,31)/t21-/m1/s1. The summed E-state index contributed by atoms with van der Waals surface area (Å²) in [6.07, 6.45) is 2.00. The van der Waals surface area contributed by atoms with Gasteiger partial charge in [-0.1, -0.05) is 18.2 Å². The summed E-state index contributed by atoms with van der Waals surface area (Å²) in [7, 11) is 1.81. The normalized spacial score (nSPS) is 16.2. The van der Waals surface area contributed by atoms with Gasteiger partial charge in [-0.05, 0) is 42.7 Å². The Morgan fingerprint density at radius 2 is 1.94 bits per heavy atom. The van der Waals surface area contributed by atoms with Crippen LogP contribution >= 0.6 is 0 Å². The van der Waals surface area contributed by atoms with Crippen molar-refractivity contribution in [1.29, 1.82) is 0 Å². The van der Waals surface area contributed by atoms with Crippen LogP contribution in [0.2, 0.25) is 0 Å². The predicted molar refractivity (Wildman–Crippen MR) is 118 cm³/mol. The van der Waals surface area contributed by atoms with E-state index in [0.717, 1.165) is 24.1 Å². The molecule has 1 atom stereocenters. The number of aryl methyl sites for hydroxylation is 1. The van der Waals surface area contributed by atoms with Crippen LogP contribution in [-0.4, -0.2) is 42.3 Å². The van der Waals surface area contributed by atoms with Gasteiger partial charge in [0.25, 0.3) is 5.91 Å². The van der Waals surface area contributed by atoms with Gasteiger partial charge in [0.2, 0.25) is 0 Å². The van der Waals surface area contributed by atoms with Gasteiger partial charge in [0.15, 0.2) is 0 Å². The highest BCUT2D eigenvalue weighted by Crippen LogP contribution is 2.39. The van der Waals surface area contributed by atoms with Gasteiger partial charge in [-0.25, -0.2) is 4.98 Å². The van der Waals surface area contributed by atoms with E-state index >= 15 is 0 Å². The summed E-state index contributed by atoms with van der Waals surface area (Å²) in [5.74, 6) is -0.238. The van der Waals surface area contributed by atoms with E-state index in [-0.39, 0.29) is 11.9 Å². The number of nitrogens with one attached hydrogen (secondary N) is 1. The first-order valence-electron chi connectivity index (χ1n) is 10.8. The number of hydrogen-bond donors (Lipinski definition) is 1. The van der Waals surface area contributed by atoms with E-state index in [9.17, 15) is 18.0 Å². The molecule has 0 radical (unpaired) electrons. The average molecular weight is 466 g/mol. The maximum Gasteiger partial charge on any atom is 0.416 e. The lowest BCUT2D eigenvalue weighted by Gasteiger charge is -2.24. The van der Waals surface area contributed by atoms with Gasteiger partial charge in [0.1, 0.15) is 5.69 Å². The third-order valence-corrected chi connectivity index (χ3v) is 5.99. The van der Waals surface area contributed by atoms with E-state index in [1.54, 1.807) is 41.0 Å². The second-order valence-corrected chi connectivity index (χ2v) is 8.24. The maximum absolute atomic E-state index is 13.4. The highest BCUT2D eigenvalue weighted by Gasteiger charge is 2.35. The van der Waals surface area contributed by atoms with E-state index in [1.807, 2.05) is 12.3 Å². The second kappa shape index (κ2) is 8.44. The third kappa shape index (κ3) is 4.07. The van der Waals surface area contributed by atoms with Crippen LogP contribution in [0.5, 0.6) is 0 Å². The minimum atomic E-state index is -4.44. The van der Waals surface area contributed by atoms with Crippen molar-refractivity contribution in [2.75, 3.05) is 6.54 Å². The number of carbonyl (C=O) groups excluding carboxylic acids is 1. The number of amides is 1. The fourth-order valence-corrected chi connectivity index (χ4v) is 4.37. The van der Waals surface area contributed by atoms with Crippen LogP contribution in [0.15, 0.2) is 61.1 Å². The van der Waals surface area contributed by atoms with Crippen molar-refractivity contribution in [3.05, 3.63) is 78.0 Å². The molecule has 4 heterocycles. The highest BCUT2D eigenvalue weighted by atomic mass is 19.4. The van der Waals surface area contributed by atoms with E-state index < -0.39 is 11.7 Å². The Hall–Kier alpha value is -3.95. The molecule has 5 rings (SSSR count).